The van der Waals surface area contributed by atoms with Crippen molar-refractivity contribution in [1.82, 2.24) is 0 Å². The van der Waals surface area contributed by atoms with E-state index >= 15 is 0 Å². The molecule has 0 aromatic heterocycles. The normalized spacial score (nSPS) is 15.4. The Hall–Kier alpha value is -1.76. The second-order valence-corrected chi connectivity index (χ2v) is 5.28. The molecule has 106 valence electrons. The van der Waals surface area contributed by atoms with Crippen LogP contribution in [0.5, 0.6) is 0 Å². The summed E-state index contributed by atoms with van der Waals surface area (Å²) in [5.41, 5.74) is 0.401. The van der Waals surface area contributed by atoms with Gasteiger partial charge in [-0.2, -0.15) is 0 Å². The standard InChI is InChI=1S/C13H13BrN2O4/c1-2-8(6-14)7-15-11-4-3-9(16(19)20)5-10(11)12(17)13(15)18/h3-5,8H,2,6-7H2,1H3. The van der Waals surface area contributed by atoms with E-state index in [1.54, 1.807) is 0 Å². The number of carbonyl (C=O) groups is 2. The number of amides is 1. The van der Waals surface area contributed by atoms with Crippen LogP contribution in [0.4, 0.5) is 11.4 Å². The summed E-state index contributed by atoms with van der Waals surface area (Å²) in [5.74, 6) is -1.05. The number of hydrogen-bond donors (Lipinski definition) is 0. The van der Waals surface area contributed by atoms with Crippen molar-refractivity contribution < 1.29 is 14.5 Å². The molecule has 1 atom stereocenters. The first-order chi connectivity index (χ1) is 9.49. The number of alkyl halides is 1. The van der Waals surface area contributed by atoms with Gasteiger partial charge in [-0.3, -0.25) is 19.7 Å². The van der Waals surface area contributed by atoms with Gasteiger partial charge >= 0.3 is 0 Å². The minimum absolute atomic E-state index is 0.119. The molecule has 7 heteroatoms. The van der Waals surface area contributed by atoms with Gasteiger partial charge in [0.25, 0.3) is 17.4 Å². The third kappa shape index (κ3) is 2.45. The van der Waals surface area contributed by atoms with E-state index in [0.717, 1.165) is 11.8 Å². The summed E-state index contributed by atoms with van der Waals surface area (Å²) in [4.78, 5) is 35.5. The molecule has 1 aliphatic heterocycles. The molecule has 6 nitrogen and oxygen atoms in total. The van der Waals surface area contributed by atoms with Gasteiger partial charge in [-0.25, -0.2) is 0 Å². The van der Waals surface area contributed by atoms with E-state index in [2.05, 4.69) is 15.9 Å². The molecular weight excluding hydrogens is 328 g/mol. The quantitative estimate of drug-likeness (QED) is 0.357. The highest BCUT2D eigenvalue weighted by Gasteiger charge is 2.37. The minimum atomic E-state index is -0.673. The number of non-ortho nitro benzene ring substituents is 1. The molecule has 1 aliphatic rings. The van der Waals surface area contributed by atoms with E-state index < -0.39 is 16.6 Å². The summed E-state index contributed by atoms with van der Waals surface area (Å²) in [7, 11) is 0. The van der Waals surface area contributed by atoms with Gasteiger partial charge in [-0.1, -0.05) is 29.3 Å². The Morgan fingerprint density at radius 2 is 2.10 bits per heavy atom. The van der Waals surface area contributed by atoms with Crippen LogP contribution in [-0.4, -0.2) is 28.5 Å². The fourth-order valence-electron chi connectivity index (χ4n) is 2.13. The second kappa shape index (κ2) is 5.70. The lowest BCUT2D eigenvalue weighted by Crippen LogP contribution is -2.34. The first-order valence-electron chi connectivity index (χ1n) is 6.20. The lowest BCUT2D eigenvalue weighted by Gasteiger charge is -2.21. The lowest BCUT2D eigenvalue weighted by molar-refractivity contribution is -0.384. The Labute approximate surface area is 124 Å². The van der Waals surface area contributed by atoms with Gasteiger partial charge < -0.3 is 4.90 Å². The summed E-state index contributed by atoms with van der Waals surface area (Å²) >= 11 is 3.38. The largest absolute Gasteiger partial charge is 0.304 e. The Balaban J connectivity index is 2.38. The maximum absolute atomic E-state index is 12.0. The summed E-state index contributed by atoms with van der Waals surface area (Å²) in [6, 6.07) is 3.95. The zero-order valence-electron chi connectivity index (χ0n) is 10.8. The fraction of sp³-hybridized carbons (Fsp3) is 0.385. The maximum Gasteiger partial charge on any atom is 0.299 e. The van der Waals surface area contributed by atoms with Crippen LogP contribution in [0, 0.1) is 16.0 Å². The predicted molar refractivity (Wildman–Crippen MR) is 77.4 cm³/mol. The Bertz CT molecular complexity index is 584. The number of nitro groups is 1. The van der Waals surface area contributed by atoms with Gasteiger partial charge in [0.2, 0.25) is 0 Å². The average Bonchev–Trinajstić information content (AvgIpc) is 2.68. The molecule has 20 heavy (non-hydrogen) atoms. The number of halogens is 1. The molecule has 1 unspecified atom stereocenters. The molecule has 0 saturated carbocycles. The first-order valence-corrected chi connectivity index (χ1v) is 7.32. The number of anilines is 1. The highest BCUT2D eigenvalue weighted by Crippen LogP contribution is 2.32. The van der Waals surface area contributed by atoms with Crippen LogP contribution >= 0.6 is 15.9 Å². The molecule has 1 amide bonds. The molecule has 1 aromatic carbocycles. The smallest absolute Gasteiger partial charge is 0.299 e. The SMILES string of the molecule is CCC(CBr)CN1C(=O)C(=O)c2cc([N+](=O)[O-])ccc21. The van der Waals surface area contributed by atoms with Crippen LogP contribution < -0.4 is 4.90 Å². The molecule has 0 N–H and O–H groups in total. The predicted octanol–water partition coefficient (Wildman–Crippen LogP) is 2.55. The molecule has 1 heterocycles. The maximum atomic E-state index is 12.0. The Kier molecular flexibility index (Phi) is 4.17. The summed E-state index contributed by atoms with van der Waals surface area (Å²) in [5, 5.41) is 11.5. The van der Waals surface area contributed by atoms with E-state index in [1.165, 1.54) is 23.1 Å². The number of ketones is 1. The number of carbonyl (C=O) groups excluding carboxylic acids is 2. The van der Waals surface area contributed by atoms with Gasteiger partial charge in [0, 0.05) is 24.0 Å². The molecule has 0 saturated heterocycles. The van der Waals surface area contributed by atoms with Crippen LogP contribution in [-0.2, 0) is 4.79 Å². The van der Waals surface area contributed by atoms with Crippen LogP contribution in [0.2, 0.25) is 0 Å². The number of fused-ring (bicyclic) bond motifs is 1. The van der Waals surface area contributed by atoms with Crippen molar-refractivity contribution in [3.63, 3.8) is 0 Å². The highest BCUT2D eigenvalue weighted by atomic mass is 79.9. The molecule has 0 bridgehead atoms. The zero-order valence-corrected chi connectivity index (χ0v) is 12.4. The molecule has 0 radical (unpaired) electrons. The fourth-order valence-corrected chi connectivity index (χ4v) is 2.79. The van der Waals surface area contributed by atoms with E-state index in [9.17, 15) is 19.7 Å². The van der Waals surface area contributed by atoms with E-state index in [-0.39, 0.29) is 17.2 Å². The molecule has 1 aromatic rings. The first kappa shape index (κ1) is 14.6. The topological polar surface area (TPSA) is 80.5 Å². The molecule has 0 spiro atoms. The number of nitro benzene ring substituents is 1. The zero-order chi connectivity index (χ0) is 14.9. The second-order valence-electron chi connectivity index (χ2n) is 4.63. The van der Waals surface area contributed by atoms with Crippen LogP contribution in [0.1, 0.15) is 23.7 Å². The van der Waals surface area contributed by atoms with Gasteiger partial charge in [0.1, 0.15) is 0 Å². The molecule has 0 aliphatic carbocycles. The summed E-state index contributed by atoms with van der Waals surface area (Å²) in [6.45, 7) is 2.43. The third-order valence-electron chi connectivity index (χ3n) is 3.40. The highest BCUT2D eigenvalue weighted by molar-refractivity contribution is 9.09. The van der Waals surface area contributed by atoms with Crippen molar-refractivity contribution in [2.45, 2.75) is 13.3 Å². The summed E-state index contributed by atoms with van der Waals surface area (Å²) in [6.07, 6.45) is 0.867. The Morgan fingerprint density at radius 3 is 2.65 bits per heavy atom. The van der Waals surface area contributed by atoms with Crippen molar-refractivity contribution in [1.29, 1.82) is 0 Å². The van der Waals surface area contributed by atoms with Crippen molar-refractivity contribution in [3.8, 4) is 0 Å². The van der Waals surface area contributed by atoms with Crippen molar-refractivity contribution in [3.05, 3.63) is 33.9 Å². The molecular formula is C13H13BrN2O4. The minimum Gasteiger partial charge on any atom is -0.304 e. The van der Waals surface area contributed by atoms with E-state index in [0.29, 0.717) is 12.2 Å². The lowest BCUT2D eigenvalue weighted by atomic mass is 10.1. The number of hydrogen-bond acceptors (Lipinski definition) is 4. The van der Waals surface area contributed by atoms with Crippen LogP contribution in [0.3, 0.4) is 0 Å². The Morgan fingerprint density at radius 1 is 1.40 bits per heavy atom. The van der Waals surface area contributed by atoms with Crippen molar-refractivity contribution >= 4 is 39.0 Å². The molecule has 0 fully saturated rings. The van der Waals surface area contributed by atoms with Gasteiger partial charge in [0.05, 0.1) is 16.2 Å². The van der Waals surface area contributed by atoms with Gasteiger partial charge in [-0.15, -0.1) is 0 Å². The third-order valence-corrected chi connectivity index (χ3v) is 4.32. The number of benzene rings is 1. The monoisotopic (exact) mass is 340 g/mol. The molecule has 2 rings (SSSR count). The van der Waals surface area contributed by atoms with Crippen LogP contribution in [0.25, 0.3) is 0 Å². The van der Waals surface area contributed by atoms with Gasteiger partial charge in [0.15, 0.2) is 0 Å². The van der Waals surface area contributed by atoms with Crippen molar-refractivity contribution in [2.24, 2.45) is 5.92 Å². The van der Waals surface area contributed by atoms with E-state index in [1.807, 2.05) is 6.92 Å². The number of Topliss-reactive ketones (excluding diaryl/α,β-unsaturated/α-hetero) is 1. The number of nitrogens with zero attached hydrogens (tertiary/aromatic N) is 2. The van der Waals surface area contributed by atoms with Gasteiger partial charge in [-0.05, 0) is 12.0 Å². The van der Waals surface area contributed by atoms with Crippen LogP contribution in [0.15, 0.2) is 18.2 Å². The van der Waals surface area contributed by atoms with E-state index in [4.69, 9.17) is 0 Å². The average molecular weight is 341 g/mol. The number of rotatable bonds is 5. The summed E-state index contributed by atoms with van der Waals surface area (Å²) < 4.78 is 0. The van der Waals surface area contributed by atoms with Crippen molar-refractivity contribution in [2.75, 3.05) is 16.8 Å².